The Morgan fingerprint density at radius 3 is 2.53 bits per heavy atom. The number of fused-ring (bicyclic) bond motifs is 2. The maximum atomic E-state index is 11.9. The van der Waals surface area contributed by atoms with E-state index in [1.54, 1.807) is 0 Å². The van der Waals surface area contributed by atoms with Crippen molar-refractivity contribution in [1.29, 1.82) is 0 Å². The monoisotopic (exact) mass is 239 g/mol. The largest absolute Gasteiger partial charge is 0.462 e. The Balaban J connectivity index is 2.08. The normalized spacial score (nSPS) is 40.3. The second-order valence-electron chi connectivity index (χ2n) is 6.67. The van der Waals surface area contributed by atoms with Gasteiger partial charge in [-0.05, 0) is 30.6 Å². The number of esters is 1. The highest BCUT2D eigenvalue weighted by atomic mass is 16.5. The molecule has 2 fully saturated rings. The van der Waals surface area contributed by atoms with Gasteiger partial charge in [0.1, 0.15) is 6.10 Å². The first kappa shape index (κ1) is 12.9. The molecule has 3 nitrogen and oxygen atoms in total. The van der Waals surface area contributed by atoms with E-state index in [1.165, 1.54) is 12.8 Å². The Morgan fingerprint density at radius 2 is 2.12 bits per heavy atom. The standard InChI is InChI=1S/C14H25NO2/c1-9(8-15)12(16)17-11-7-10-5-6-14(11,4)13(10,2)3/h9-11H,5-8,15H2,1-4H3. The molecule has 2 aliphatic rings. The number of ether oxygens (including phenoxy) is 1. The molecule has 2 rings (SSSR count). The molecule has 0 aromatic heterocycles. The first-order valence-electron chi connectivity index (χ1n) is 6.73. The quantitative estimate of drug-likeness (QED) is 0.769. The number of rotatable bonds is 3. The summed E-state index contributed by atoms with van der Waals surface area (Å²) in [6.45, 7) is 9.14. The number of hydrogen-bond donors (Lipinski definition) is 1. The van der Waals surface area contributed by atoms with Gasteiger partial charge in [-0.1, -0.05) is 27.7 Å². The summed E-state index contributed by atoms with van der Waals surface area (Å²) in [7, 11) is 0. The van der Waals surface area contributed by atoms with Crippen LogP contribution in [-0.2, 0) is 9.53 Å². The number of hydrogen-bond acceptors (Lipinski definition) is 3. The van der Waals surface area contributed by atoms with Crippen LogP contribution in [0.15, 0.2) is 0 Å². The minimum Gasteiger partial charge on any atom is -0.462 e. The Labute approximate surface area is 104 Å². The van der Waals surface area contributed by atoms with E-state index in [0.29, 0.717) is 17.9 Å². The Hall–Kier alpha value is -0.570. The second-order valence-corrected chi connectivity index (χ2v) is 6.67. The van der Waals surface area contributed by atoms with E-state index in [9.17, 15) is 4.79 Å². The van der Waals surface area contributed by atoms with Gasteiger partial charge in [-0.25, -0.2) is 0 Å². The lowest BCUT2D eigenvalue weighted by Gasteiger charge is -2.38. The van der Waals surface area contributed by atoms with Crippen LogP contribution in [0.5, 0.6) is 0 Å². The lowest BCUT2D eigenvalue weighted by atomic mass is 9.70. The van der Waals surface area contributed by atoms with Crippen molar-refractivity contribution in [2.75, 3.05) is 6.54 Å². The van der Waals surface area contributed by atoms with E-state index in [0.717, 1.165) is 6.42 Å². The van der Waals surface area contributed by atoms with Gasteiger partial charge in [0.15, 0.2) is 0 Å². The molecule has 17 heavy (non-hydrogen) atoms. The van der Waals surface area contributed by atoms with Gasteiger partial charge in [0.05, 0.1) is 5.92 Å². The van der Waals surface area contributed by atoms with Gasteiger partial charge in [0.2, 0.25) is 0 Å². The molecule has 2 bridgehead atoms. The van der Waals surface area contributed by atoms with Gasteiger partial charge in [-0.2, -0.15) is 0 Å². The van der Waals surface area contributed by atoms with Crippen LogP contribution in [0.2, 0.25) is 0 Å². The fourth-order valence-corrected chi connectivity index (χ4v) is 3.66. The molecule has 98 valence electrons. The molecule has 4 atom stereocenters. The molecule has 3 heteroatoms. The number of carbonyl (C=O) groups is 1. The fraction of sp³-hybridized carbons (Fsp3) is 0.929. The molecule has 0 spiro atoms. The lowest BCUT2D eigenvalue weighted by molar-refractivity contribution is -0.160. The van der Waals surface area contributed by atoms with E-state index in [2.05, 4.69) is 20.8 Å². The van der Waals surface area contributed by atoms with Crippen molar-refractivity contribution in [2.24, 2.45) is 28.4 Å². The van der Waals surface area contributed by atoms with Crippen LogP contribution in [0, 0.1) is 22.7 Å². The van der Waals surface area contributed by atoms with E-state index in [-0.39, 0.29) is 23.4 Å². The smallest absolute Gasteiger partial charge is 0.310 e. The first-order valence-corrected chi connectivity index (χ1v) is 6.73. The van der Waals surface area contributed by atoms with Crippen LogP contribution < -0.4 is 5.73 Å². The van der Waals surface area contributed by atoms with Gasteiger partial charge in [0.25, 0.3) is 0 Å². The van der Waals surface area contributed by atoms with Crippen molar-refractivity contribution in [3.8, 4) is 0 Å². The zero-order valence-corrected chi connectivity index (χ0v) is 11.5. The van der Waals surface area contributed by atoms with Gasteiger partial charge >= 0.3 is 5.97 Å². The third kappa shape index (κ3) is 1.70. The molecule has 0 saturated heterocycles. The summed E-state index contributed by atoms with van der Waals surface area (Å²) in [4.78, 5) is 11.9. The molecule has 0 radical (unpaired) electrons. The van der Waals surface area contributed by atoms with Gasteiger partial charge in [0, 0.05) is 12.0 Å². The predicted octanol–water partition coefficient (Wildman–Crippen LogP) is 2.34. The van der Waals surface area contributed by atoms with Crippen LogP contribution in [0.4, 0.5) is 0 Å². The molecule has 0 amide bonds. The average Bonchev–Trinajstić information content (AvgIpc) is 2.60. The SMILES string of the molecule is CC(CN)C(=O)OC1CC2CCC1(C)C2(C)C. The molecule has 4 unspecified atom stereocenters. The maximum Gasteiger partial charge on any atom is 0.310 e. The van der Waals surface area contributed by atoms with Gasteiger partial charge in [-0.15, -0.1) is 0 Å². The highest BCUT2D eigenvalue weighted by molar-refractivity contribution is 5.72. The fourth-order valence-electron chi connectivity index (χ4n) is 3.66. The Kier molecular flexibility index (Phi) is 3.01. The van der Waals surface area contributed by atoms with E-state index < -0.39 is 0 Å². The highest BCUT2D eigenvalue weighted by Gasteiger charge is 2.62. The van der Waals surface area contributed by atoms with Crippen LogP contribution in [0.3, 0.4) is 0 Å². The molecule has 2 N–H and O–H groups in total. The van der Waals surface area contributed by atoms with Crippen LogP contribution in [0.25, 0.3) is 0 Å². The van der Waals surface area contributed by atoms with Crippen LogP contribution in [0.1, 0.15) is 47.0 Å². The van der Waals surface area contributed by atoms with E-state index in [1.807, 2.05) is 6.92 Å². The highest BCUT2D eigenvalue weighted by Crippen LogP contribution is 2.66. The van der Waals surface area contributed by atoms with Crippen molar-refractivity contribution in [3.63, 3.8) is 0 Å². The lowest BCUT2D eigenvalue weighted by Crippen LogP contribution is -2.39. The van der Waals surface area contributed by atoms with Gasteiger partial charge in [-0.3, -0.25) is 4.79 Å². The Bertz CT molecular complexity index is 326. The molecular formula is C14H25NO2. The Morgan fingerprint density at radius 1 is 1.47 bits per heavy atom. The molecular weight excluding hydrogens is 214 g/mol. The predicted molar refractivity (Wildman–Crippen MR) is 67.3 cm³/mol. The zero-order valence-electron chi connectivity index (χ0n) is 11.5. The molecule has 2 aliphatic carbocycles. The minimum absolute atomic E-state index is 0.0951. The molecule has 0 heterocycles. The van der Waals surface area contributed by atoms with E-state index in [4.69, 9.17) is 10.5 Å². The third-order valence-electron chi connectivity index (χ3n) is 5.73. The number of nitrogens with two attached hydrogens (primary N) is 1. The van der Waals surface area contributed by atoms with Gasteiger partial charge < -0.3 is 10.5 Å². The summed E-state index contributed by atoms with van der Waals surface area (Å²) in [5, 5.41) is 0. The topological polar surface area (TPSA) is 52.3 Å². The summed E-state index contributed by atoms with van der Waals surface area (Å²) in [5.74, 6) is 0.404. The summed E-state index contributed by atoms with van der Waals surface area (Å²) in [6, 6.07) is 0. The molecule has 0 aliphatic heterocycles. The van der Waals surface area contributed by atoms with Crippen molar-refractivity contribution in [3.05, 3.63) is 0 Å². The summed E-state index contributed by atoms with van der Waals surface area (Å²) < 4.78 is 5.72. The minimum atomic E-state index is -0.180. The molecule has 0 aromatic carbocycles. The van der Waals surface area contributed by atoms with Crippen molar-refractivity contribution in [2.45, 2.75) is 53.1 Å². The van der Waals surface area contributed by atoms with Crippen LogP contribution >= 0.6 is 0 Å². The molecule has 0 aromatic rings. The van der Waals surface area contributed by atoms with Crippen molar-refractivity contribution in [1.82, 2.24) is 0 Å². The van der Waals surface area contributed by atoms with Crippen LogP contribution in [-0.4, -0.2) is 18.6 Å². The maximum absolute atomic E-state index is 11.9. The average molecular weight is 239 g/mol. The summed E-state index contributed by atoms with van der Waals surface area (Å²) in [5.41, 5.74) is 5.96. The number of carbonyl (C=O) groups excluding carboxylic acids is 1. The third-order valence-corrected chi connectivity index (χ3v) is 5.73. The zero-order chi connectivity index (χ0) is 12.8. The van der Waals surface area contributed by atoms with Crippen molar-refractivity contribution >= 4 is 5.97 Å². The first-order chi connectivity index (χ1) is 7.83. The molecule has 2 saturated carbocycles. The summed E-state index contributed by atoms with van der Waals surface area (Å²) in [6.07, 6.45) is 3.59. The second kappa shape index (κ2) is 3.98. The summed E-state index contributed by atoms with van der Waals surface area (Å²) >= 11 is 0. The van der Waals surface area contributed by atoms with Crippen molar-refractivity contribution < 1.29 is 9.53 Å². The van der Waals surface area contributed by atoms with E-state index >= 15 is 0 Å².